The van der Waals surface area contributed by atoms with Crippen molar-refractivity contribution in [2.45, 2.75) is 13.3 Å². The summed E-state index contributed by atoms with van der Waals surface area (Å²) in [5.41, 5.74) is 0.647. The molecule has 33 heavy (non-hydrogen) atoms. The zero-order valence-electron chi connectivity index (χ0n) is 17.1. The number of aromatic nitrogens is 4. The number of carbonyl (C=O) groups excluding carboxylic acids is 1. The van der Waals surface area contributed by atoms with Crippen LogP contribution in [0.3, 0.4) is 0 Å². The highest BCUT2D eigenvalue weighted by Gasteiger charge is 2.31. The second kappa shape index (κ2) is 8.99. The maximum atomic E-state index is 12.3. The molecule has 0 unspecified atom stereocenters. The first kappa shape index (κ1) is 21.8. The SMILES string of the molecule is Cc1nc(Oc2ccc(NC(=O)c3ccc(OC(F)(F)F)cc3)cc2)cc(-n2ccnc2)n1. The van der Waals surface area contributed by atoms with Gasteiger partial charge in [-0.3, -0.25) is 9.36 Å². The number of amides is 1. The maximum absolute atomic E-state index is 12.3. The molecule has 0 bridgehead atoms. The number of halogens is 3. The second-order valence-electron chi connectivity index (χ2n) is 6.73. The van der Waals surface area contributed by atoms with Gasteiger partial charge in [0.25, 0.3) is 5.91 Å². The van der Waals surface area contributed by atoms with Crippen LogP contribution in [-0.2, 0) is 0 Å². The molecule has 0 aliphatic rings. The Hall–Kier alpha value is -4.41. The first-order chi connectivity index (χ1) is 15.7. The highest BCUT2D eigenvalue weighted by atomic mass is 19.4. The fourth-order valence-electron chi connectivity index (χ4n) is 2.84. The monoisotopic (exact) mass is 455 g/mol. The van der Waals surface area contributed by atoms with E-state index in [0.29, 0.717) is 29.0 Å². The molecule has 2 aromatic heterocycles. The van der Waals surface area contributed by atoms with Gasteiger partial charge in [-0.25, -0.2) is 9.97 Å². The molecule has 168 valence electrons. The van der Waals surface area contributed by atoms with E-state index >= 15 is 0 Å². The smallest absolute Gasteiger partial charge is 0.439 e. The van der Waals surface area contributed by atoms with E-state index in [9.17, 15) is 18.0 Å². The number of aryl methyl sites for hydroxylation is 1. The summed E-state index contributed by atoms with van der Waals surface area (Å²) in [6.45, 7) is 1.74. The van der Waals surface area contributed by atoms with Crippen LogP contribution < -0.4 is 14.8 Å². The van der Waals surface area contributed by atoms with Gasteiger partial charge in [-0.2, -0.15) is 4.98 Å². The van der Waals surface area contributed by atoms with Crippen molar-refractivity contribution in [2.24, 2.45) is 0 Å². The van der Waals surface area contributed by atoms with E-state index in [-0.39, 0.29) is 5.56 Å². The van der Waals surface area contributed by atoms with Crippen LogP contribution in [0.15, 0.2) is 73.3 Å². The Labute approximate surface area is 185 Å². The normalized spacial score (nSPS) is 11.2. The summed E-state index contributed by atoms with van der Waals surface area (Å²) in [5, 5.41) is 2.66. The number of imidazole rings is 1. The van der Waals surface area contributed by atoms with Crippen LogP contribution in [0.1, 0.15) is 16.2 Å². The van der Waals surface area contributed by atoms with Crippen LogP contribution in [0, 0.1) is 6.92 Å². The average Bonchev–Trinajstić information content (AvgIpc) is 3.29. The van der Waals surface area contributed by atoms with E-state index in [1.807, 2.05) is 0 Å². The molecule has 4 rings (SSSR count). The Morgan fingerprint density at radius 2 is 1.70 bits per heavy atom. The largest absolute Gasteiger partial charge is 0.573 e. The number of rotatable bonds is 6. The molecule has 0 fully saturated rings. The van der Waals surface area contributed by atoms with Gasteiger partial charge in [-0.15, -0.1) is 13.2 Å². The molecule has 11 heteroatoms. The molecule has 0 spiro atoms. The van der Waals surface area contributed by atoms with Gasteiger partial charge in [0, 0.05) is 29.7 Å². The Balaban J connectivity index is 1.40. The van der Waals surface area contributed by atoms with Crippen molar-refractivity contribution in [2.75, 3.05) is 5.32 Å². The first-order valence-electron chi connectivity index (χ1n) is 9.54. The van der Waals surface area contributed by atoms with Crippen molar-refractivity contribution >= 4 is 11.6 Å². The van der Waals surface area contributed by atoms with Crippen molar-refractivity contribution in [3.05, 3.63) is 84.7 Å². The minimum absolute atomic E-state index is 0.174. The summed E-state index contributed by atoms with van der Waals surface area (Å²) < 4.78 is 48.0. The summed E-state index contributed by atoms with van der Waals surface area (Å²) in [6, 6.07) is 12.8. The topological polar surface area (TPSA) is 91.2 Å². The van der Waals surface area contributed by atoms with Crippen molar-refractivity contribution in [3.8, 4) is 23.2 Å². The highest BCUT2D eigenvalue weighted by molar-refractivity contribution is 6.04. The van der Waals surface area contributed by atoms with Gasteiger partial charge in [-0.1, -0.05) is 0 Å². The molecule has 2 aromatic carbocycles. The number of nitrogens with one attached hydrogen (secondary N) is 1. The van der Waals surface area contributed by atoms with Crippen LogP contribution >= 0.6 is 0 Å². The van der Waals surface area contributed by atoms with Gasteiger partial charge in [0.05, 0.1) is 0 Å². The van der Waals surface area contributed by atoms with E-state index in [4.69, 9.17) is 4.74 Å². The van der Waals surface area contributed by atoms with Crippen molar-refractivity contribution in [1.29, 1.82) is 0 Å². The number of anilines is 1. The molecule has 0 saturated carbocycles. The molecule has 0 aliphatic heterocycles. The van der Waals surface area contributed by atoms with Gasteiger partial charge in [-0.05, 0) is 55.5 Å². The van der Waals surface area contributed by atoms with Crippen LogP contribution in [-0.4, -0.2) is 31.8 Å². The summed E-state index contributed by atoms with van der Waals surface area (Å²) >= 11 is 0. The predicted molar refractivity (Wildman–Crippen MR) is 111 cm³/mol. The van der Waals surface area contributed by atoms with E-state index in [0.717, 1.165) is 12.1 Å². The molecular formula is C22H16F3N5O3. The van der Waals surface area contributed by atoms with Crippen molar-refractivity contribution < 1.29 is 27.4 Å². The van der Waals surface area contributed by atoms with Crippen molar-refractivity contribution in [1.82, 2.24) is 19.5 Å². The molecule has 0 aliphatic carbocycles. The molecule has 0 atom stereocenters. The third-order valence-corrected chi connectivity index (χ3v) is 4.25. The molecule has 1 N–H and O–H groups in total. The Kier molecular flexibility index (Phi) is 5.94. The second-order valence-corrected chi connectivity index (χ2v) is 6.73. The fraction of sp³-hybridized carbons (Fsp3) is 0.0909. The molecule has 0 radical (unpaired) electrons. The third-order valence-electron chi connectivity index (χ3n) is 4.25. The molecule has 0 saturated heterocycles. The minimum Gasteiger partial charge on any atom is -0.439 e. The number of ether oxygens (including phenoxy) is 2. The van der Waals surface area contributed by atoms with E-state index in [2.05, 4.69) is 25.0 Å². The van der Waals surface area contributed by atoms with E-state index in [1.165, 1.54) is 12.1 Å². The van der Waals surface area contributed by atoms with Crippen LogP contribution in [0.2, 0.25) is 0 Å². The molecule has 4 aromatic rings. The molecule has 8 nitrogen and oxygen atoms in total. The molecular weight excluding hydrogens is 439 g/mol. The summed E-state index contributed by atoms with van der Waals surface area (Å²) in [7, 11) is 0. The van der Waals surface area contributed by atoms with E-state index < -0.39 is 18.0 Å². The standard InChI is InChI=1S/C22H16F3N5O3/c1-14-27-19(30-11-10-26-13-30)12-20(28-14)32-17-8-4-16(5-9-17)29-21(31)15-2-6-18(7-3-15)33-22(23,24)25/h2-13H,1H3,(H,29,31). The molecule has 2 heterocycles. The van der Waals surface area contributed by atoms with Crippen LogP contribution in [0.25, 0.3) is 5.82 Å². The summed E-state index contributed by atoms with van der Waals surface area (Å²) in [5.74, 6) is 1.05. The lowest BCUT2D eigenvalue weighted by Gasteiger charge is -2.10. The first-order valence-corrected chi connectivity index (χ1v) is 9.54. The van der Waals surface area contributed by atoms with Gasteiger partial charge >= 0.3 is 6.36 Å². The fourth-order valence-corrected chi connectivity index (χ4v) is 2.84. The van der Waals surface area contributed by atoms with Gasteiger partial charge in [0.1, 0.15) is 29.5 Å². The van der Waals surface area contributed by atoms with Gasteiger partial charge in [0.2, 0.25) is 5.88 Å². The quantitative estimate of drug-likeness (QED) is 0.444. The zero-order chi connectivity index (χ0) is 23.4. The van der Waals surface area contributed by atoms with Gasteiger partial charge < -0.3 is 14.8 Å². The highest BCUT2D eigenvalue weighted by Crippen LogP contribution is 2.25. The summed E-state index contributed by atoms with van der Waals surface area (Å²) in [4.78, 5) is 24.9. The zero-order valence-corrected chi connectivity index (χ0v) is 17.1. The van der Waals surface area contributed by atoms with Crippen LogP contribution in [0.4, 0.5) is 18.9 Å². The maximum Gasteiger partial charge on any atom is 0.573 e. The van der Waals surface area contributed by atoms with E-state index in [1.54, 1.807) is 60.5 Å². The number of hydrogen-bond acceptors (Lipinski definition) is 6. The number of nitrogens with zero attached hydrogens (tertiary/aromatic N) is 4. The van der Waals surface area contributed by atoms with Gasteiger partial charge in [0.15, 0.2) is 0 Å². The lowest BCUT2D eigenvalue weighted by molar-refractivity contribution is -0.274. The third kappa shape index (κ3) is 5.85. The number of alkyl halides is 3. The number of benzene rings is 2. The lowest BCUT2D eigenvalue weighted by atomic mass is 10.2. The predicted octanol–water partition coefficient (Wildman–Crippen LogP) is 4.91. The Bertz CT molecular complexity index is 1240. The average molecular weight is 455 g/mol. The Morgan fingerprint density at radius 1 is 1.00 bits per heavy atom. The lowest BCUT2D eigenvalue weighted by Crippen LogP contribution is -2.17. The summed E-state index contributed by atoms with van der Waals surface area (Å²) in [6.07, 6.45) is 0.203. The number of carbonyl (C=O) groups is 1. The minimum atomic E-state index is -4.79. The van der Waals surface area contributed by atoms with Crippen molar-refractivity contribution in [3.63, 3.8) is 0 Å². The Morgan fingerprint density at radius 3 is 2.33 bits per heavy atom. The van der Waals surface area contributed by atoms with Crippen LogP contribution in [0.5, 0.6) is 17.4 Å². The molecule has 1 amide bonds. The number of hydrogen-bond donors (Lipinski definition) is 1.